The molecule has 0 spiro atoms. The first kappa shape index (κ1) is 24.7. The molecule has 4 nitrogen and oxygen atoms in total. The van der Waals surface area contributed by atoms with Crippen LogP contribution in [0.5, 0.6) is 0 Å². The van der Waals surface area contributed by atoms with Crippen molar-refractivity contribution in [3.63, 3.8) is 0 Å². The van der Waals surface area contributed by atoms with Crippen LogP contribution < -0.4 is 9.80 Å². The second kappa shape index (κ2) is 9.29. The maximum absolute atomic E-state index is 13.7. The SMILES string of the molecule is C[Si](C)(C)C#Cc1cc(Cl)cc(C2(O)CN(c3ccc(Cl)cc3)C(=O)N2c2ccc(Cl)cc2)c1. The summed E-state index contributed by atoms with van der Waals surface area (Å²) in [5.41, 5.74) is 3.90. The van der Waals surface area contributed by atoms with Crippen molar-refractivity contribution in [1.82, 2.24) is 0 Å². The first-order chi connectivity index (χ1) is 16.0. The van der Waals surface area contributed by atoms with Crippen LogP contribution in [0.1, 0.15) is 11.1 Å². The molecule has 3 aromatic carbocycles. The van der Waals surface area contributed by atoms with E-state index in [0.717, 1.165) is 0 Å². The van der Waals surface area contributed by atoms with Gasteiger partial charge in [0.15, 0.2) is 5.72 Å². The van der Waals surface area contributed by atoms with Gasteiger partial charge in [0.2, 0.25) is 0 Å². The van der Waals surface area contributed by atoms with Gasteiger partial charge in [-0.1, -0.05) is 60.4 Å². The molecule has 34 heavy (non-hydrogen) atoms. The highest BCUT2D eigenvalue weighted by molar-refractivity contribution is 6.83. The lowest BCUT2D eigenvalue weighted by molar-refractivity contribution is 0.0655. The molecule has 1 fully saturated rings. The van der Waals surface area contributed by atoms with Crippen molar-refractivity contribution in [3.8, 4) is 11.5 Å². The minimum Gasteiger partial charge on any atom is -0.365 e. The van der Waals surface area contributed by atoms with Crippen molar-refractivity contribution < 1.29 is 9.90 Å². The van der Waals surface area contributed by atoms with E-state index in [1.54, 1.807) is 66.7 Å². The number of rotatable bonds is 3. The summed E-state index contributed by atoms with van der Waals surface area (Å²) in [5, 5.41) is 13.6. The molecular weight excluding hydrogens is 507 g/mol. The molecule has 2 amide bonds. The van der Waals surface area contributed by atoms with E-state index >= 15 is 0 Å². The molecule has 0 radical (unpaired) electrons. The average Bonchev–Trinajstić information content (AvgIpc) is 3.04. The molecule has 1 saturated heterocycles. The van der Waals surface area contributed by atoms with Gasteiger partial charge in [0.1, 0.15) is 8.07 Å². The zero-order valence-corrected chi connectivity index (χ0v) is 22.2. The fourth-order valence-electron chi connectivity index (χ4n) is 3.75. The van der Waals surface area contributed by atoms with Gasteiger partial charge in [0.05, 0.1) is 6.54 Å². The molecule has 0 saturated carbocycles. The van der Waals surface area contributed by atoms with Crippen LogP contribution >= 0.6 is 34.8 Å². The van der Waals surface area contributed by atoms with Crippen molar-refractivity contribution in [2.75, 3.05) is 16.3 Å². The predicted molar refractivity (Wildman–Crippen MR) is 144 cm³/mol. The number of benzene rings is 3. The molecule has 1 aliphatic rings. The quantitative estimate of drug-likeness (QED) is 0.289. The minimum absolute atomic E-state index is 0.0165. The van der Waals surface area contributed by atoms with Crippen LogP contribution in [0.3, 0.4) is 0 Å². The van der Waals surface area contributed by atoms with Gasteiger partial charge in [-0.05, 0) is 66.7 Å². The normalized spacial score (nSPS) is 18.1. The highest BCUT2D eigenvalue weighted by Crippen LogP contribution is 2.41. The number of anilines is 2. The molecule has 1 N–H and O–H groups in total. The summed E-state index contributed by atoms with van der Waals surface area (Å²) in [5.74, 6) is 3.20. The Hall–Kier alpha value is -2.46. The second-order valence-corrected chi connectivity index (χ2v) is 15.3. The molecule has 0 aliphatic carbocycles. The average molecular weight is 530 g/mol. The van der Waals surface area contributed by atoms with E-state index < -0.39 is 13.8 Å². The van der Waals surface area contributed by atoms with E-state index in [1.807, 2.05) is 0 Å². The van der Waals surface area contributed by atoms with Gasteiger partial charge < -0.3 is 5.11 Å². The molecule has 8 heteroatoms. The van der Waals surface area contributed by atoms with E-state index in [9.17, 15) is 9.90 Å². The summed E-state index contributed by atoms with van der Waals surface area (Å²) >= 11 is 18.6. The zero-order chi connectivity index (χ0) is 24.7. The Bertz CT molecular complexity index is 1290. The lowest BCUT2D eigenvalue weighted by Crippen LogP contribution is -2.45. The maximum Gasteiger partial charge on any atom is 0.331 e. The summed E-state index contributed by atoms with van der Waals surface area (Å²) in [6.07, 6.45) is 0. The Morgan fingerprint density at radius 1 is 0.853 bits per heavy atom. The van der Waals surface area contributed by atoms with E-state index in [1.165, 1.54) is 9.80 Å². The number of carbonyl (C=O) groups excluding carboxylic acids is 1. The third-order valence-corrected chi connectivity index (χ3v) is 6.93. The van der Waals surface area contributed by atoms with Crippen LogP contribution in [0, 0.1) is 11.5 Å². The number of halogens is 3. The van der Waals surface area contributed by atoms with Crippen LogP contribution in [-0.4, -0.2) is 25.8 Å². The summed E-state index contributed by atoms with van der Waals surface area (Å²) in [7, 11) is -1.63. The molecule has 1 unspecified atom stereocenters. The number of nitrogens with zero attached hydrogens (tertiary/aromatic N) is 2. The second-order valence-electron chi connectivity index (χ2n) is 9.20. The van der Waals surface area contributed by atoms with Crippen molar-refractivity contribution in [2.45, 2.75) is 25.4 Å². The summed E-state index contributed by atoms with van der Waals surface area (Å²) in [6, 6.07) is 18.5. The summed E-state index contributed by atoms with van der Waals surface area (Å²) < 4.78 is 0. The lowest BCUT2D eigenvalue weighted by atomic mass is 9.99. The van der Waals surface area contributed by atoms with E-state index in [0.29, 0.717) is 37.6 Å². The molecule has 4 rings (SSSR count). The Morgan fingerprint density at radius 2 is 1.41 bits per heavy atom. The third kappa shape index (κ3) is 5.12. The molecule has 1 aliphatic heterocycles. The van der Waals surface area contributed by atoms with Crippen molar-refractivity contribution in [2.24, 2.45) is 0 Å². The van der Waals surface area contributed by atoms with Crippen LogP contribution in [0.2, 0.25) is 34.7 Å². The van der Waals surface area contributed by atoms with Gasteiger partial charge >= 0.3 is 6.03 Å². The van der Waals surface area contributed by atoms with Crippen LogP contribution in [0.4, 0.5) is 16.2 Å². The van der Waals surface area contributed by atoms with Crippen LogP contribution in [0.25, 0.3) is 0 Å². The fraction of sp³-hybridized carbons (Fsp3) is 0.192. The molecule has 174 valence electrons. The number of aliphatic hydroxyl groups is 1. The monoisotopic (exact) mass is 528 g/mol. The van der Waals surface area contributed by atoms with Crippen molar-refractivity contribution in [3.05, 3.63) is 92.9 Å². The molecule has 3 aromatic rings. The molecule has 1 atom stereocenters. The molecule has 1 heterocycles. The number of carbonyl (C=O) groups is 1. The summed E-state index contributed by atoms with van der Waals surface area (Å²) in [4.78, 5) is 16.5. The van der Waals surface area contributed by atoms with Crippen LogP contribution in [0.15, 0.2) is 66.7 Å². The van der Waals surface area contributed by atoms with Crippen molar-refractivity contribution in [1.29, 1.82) is 0 Å². The Balaban J connectivity index is 1.86. The van der Waals surface area contributed by atoms with Crippen molar-refractivity contribution >= 4 is 60.3 Å². The highest BCUT2D eigenvalue weighted by Gasteiger charge is 2.51. The van der Waals surface area contributed by atoms with Gasteiger partial charge in [-0.2, -0.15) is 0 Å². The molecular formula is C26H23Cl3N2O2Si. The number of β-amino-alcohol motifs (C(OH)–C–C–N with tert-alkyl or cyclic N) is 1. The van der Waals surface area contributed by atoms with Gasteiger partial charge in [-0.25, -0.2) is 4.79 Å². The van der Waals surface area contributed by atoms with E-state index in [-0.39, 0.29) is 12.6 Å². The maximum atomic E-state index is 13.7. The van der Waals surface area contributed by atoms with Gasteiger partial charge in [-0.3, -0.25) is 9.80 Å². The Morgan fingerprint density at radius 3 is 1.97 bits per heavy atom. The number of urea groups is 1. The Kier molecular flexibility index (Phi) is 6.74. The third-order valence-electron chi connectivity index (χ3n) is 5.34. The zero-order valence-electron chi connectivity index (χ0n) is 18.9. The van der Waals surface area contributed by atoms with E-state index in [2.05, 4.69) is 31.1 Å². The van der Waals surface area contributed by atoms with Gasteiger partial charge in [0.25, 0.3) is 0 Å². The molecule has 0 bridgehead atoms. The fourth-order valence-corrected chi connectivity index (χ4v) is 4.75. The predicted octanol–water partition coefficient (Wildman–Crippen LogP) is 7.17. The lowest BCUT2D eigenvalue weighted by Gasteiger charge is -2.32. The standard InChI is InChI=1S/C26H23Cl3N2O2Si/c1-34(2,3)13-12-18-14-19(16-22(29)15-18)26(33)17-30(23-8-4-20(27)5-9-23)25(32)31(26)24-10-6-21(28)7-11-24/h4-11,14-16,33H,17H2,1-3H3. The van der Waals surface area contributed by atoms with Crippen LogP contribution in [-0.2, 0) is 5.72 Å². The number of hydrogen-bond acceptors (Lipinski definition) is 2. The molecule has 0 aromatic heterocycles. The van der Waals surface area contributed by atoms with Gasteiger partial charge in [0, 0.05) is 37.6 Å². The first-order valence-corrected chi connectivity index (χ1v) is 15.3. The highest BCUT2D eigenvalue weighted by atomic mass is 35.5. The largest absolute Gasteiger partial charge is 0.365 e. The topological polar surface area (TPSA) is 43.8 Å². The van der Waals surface area contributed by atoms with Gasteiger partial charge in [-0.15, -0.1) is 5.54 Å². The Labute approximate surface area is 215 Å². The smallest absolute Gasteiger partial charge is 0.331 e. The number of hydrogen-bond donors (Lipinski definition) is 1. The van der Waals surface area contributed by atoms with E-state index in [4.69, 9.17) is 34.8 Å². The minimum atomic E-state index is -1.70. The first-order valence-electron chi connectivity index (χ1n) is 10.7. The number of amides is 2. The summed E-state index contributed by atoms with van der Waals surface area (Å²) in [6.45, 7) is 6.44.